The molecule has 0 spiro atoms. The van der Waals surface area contributed by atoms with Gasteiger partial charge in [0.2, 0.25) is 0 Å². The van der Waals surface area contributed by atoms with Crippen molar-refractivity contribution < 1.29 is 0 Å². The Morgan fingerprint density at radius 3 is 1.71 bits per heavy atom. The van der Waals surface area contributed by atoms with Gasteiger partial charge in [-0.3, -0.25) is 0 Å². The van der Waals surface area contributed by atoms with E-state index in [1.807, 2.05) is 42.5 Å². The molecule has 0 amide bonds. The second-order valence-corrected chi connectivity index (χ2v) is 2.99. The van der Waals surface area contributed by atoms with Gasteiger partial charge in [-0.25, -0.2) is 0 Å². The van der Waals surface area contributed by atoms with E-state index in [1.54, 1.807) is 0 Å². The molecule has 2 heteroatoms. The Kier molecular flexibility index (Phi) is 3.79. The van der Waals surface area contributed by atoms with Crippen molar-refractivity contribution in [2.75, 3.05) is 5.73 Å². The Morgan fingerprint density at radius 1 is 0.643 bits per heavy atom. The minimum atomic E-state index is 0. The number of hydrogen-bond acceptors (Lipinski definition) is 1. The van der Waals surface area contributed by atoms with E-state index in [4.69, 9.17) is 5.73 Å². The van der Waals surface area contributed by atoms with Crippen LogP contribution in [0.25, 0.3) is 11.1 Å². The third-order valence-electron chi connectivity index (χ3n) is 2.02. The molecular formula is C12H11AsN. The summed E-state index contributed by atoms with van der Waals surface area (Å²) in [6.07, 6.45) is 0. The van der Waals surface area contributed by atoms with Crippen LogP contribution in [-0.2, 0) is 0 Å². The second kappa shape index (κ2) is 4.88. The fourth-order valence-electron chi connectivity index (χ4n) is 1.31. The summed E-state index contributed by atoms with van der Waals surface area (Å²) in [5.41, 5.74) is 8.84. The summed E-state index contributed by atoms with van der Waals surface area (Å²) in [4.78, 5) is 0. The molecule has 0 aliphatic carbocycles. The first kappa shape index (κ1) is 10.9. The van der Waals surface area contributed by atoms with Crippen LogP contribution in [0.15, 0.2) is 54.6 Å². The number of nitrogen functional groups attached to an aromatic ring is 1. The first-order chi connectivity index (χ1) is 6.36. The average molecular weight is 244 g/mol. The van der Waals surface area contributed by atoms with Crippen LogP contribution in [0.2, 0.25) is 0 Å². The zero-order valence-corrected chi connectivity index (χ0v) is 9.60. The zero-order valence-electron chi connectivity index (χ0n) is 7.72. The maximum absolute atomic E-state index is 5.60. The fraction of sp³-hybridized carbons (Fsp3) is 0. The Balaban J connectivity index is 0.000000980. The predicted octanol–water partition coefficient (Wildman–Crippen LogP) is 2.56. The van der Waals surface area contributed by atoms with Crippen LogP contribution in [0.5, 0.6) is 0 Å². The molecule has 69 valence electrons. The predicted molar refractivity (Wildman–Crippen MR) is 62.0 cm³/mol. The summed E-state index contributed by atoms with van der Waals surface area (Å²) in [6.45, 7) is 0. The van der Waals surface area contributed by atoms with Crippen LogP contribution in [0, 0.1) is 0 Å². The van der Waals surface area contributed by atoms with Gasteiger partial charge in [-0.2, -0.15) is 0 Å². The van der Waals surface area contributed by atoms with Gasteiger partial charge in [0.1, 0.15) is 0 Å². The summed E-state index contributed by atoms with van der Waals surface area (Å²) >= 11 is 0. The van der Waals surface area contributed by atoms with Gasteiger partial charge in [-0.15, -0.1) is 0 Å². The monoisotopic (exact) mass is 244 g/mol. The molecule has 3 radical (unpaired) electrons. The van der Waals surface area contributed by atoms with Crippen molar-refractivity contribution in [2.24, 2.45) is 0 Å². The van der Waals surface area contributed by atoms with Crippen molar-refractivity contribution >= 4 is 23.6 Å². The summed E-state index contributed by atoms with van der Waals surface area (Å²) in [5.74, 6) is 0. The number of rotatable bonds is 1. The van der Waals surface area contributed by atoms with E-state index in [-0.39, 0.29) is 18.0 Å². The molecule has 2 aromatic rings. The van der Waals surface area contributed by atoms with Crippen molar-refractivity contribution in [1.29, 1.82) is 0 Å². The maximum atomic E-state index is 5.60. The van der Waals surface area contributed by atoms with E-state index < -0.39 is 0 Å². The number of anilines is 1. The third-order valence-corrected chi connectivity index (χ3v) is 2.02. The van der Waals surface area contributed by atoms with Gasteiger partial charge in [-0.1, -0.05) is 42.5 Å². The SMILES string of the molecule is Nc1ccc(-c2ccccc2)cc1.[As]. The Labute approximate surface area is 95.3 Å². The van der Waals surface area contributed by atoms with E-state index in [0.29, 0.717) is 0 Å². The molecule has 0 heterocycles. The quantitative estimate of drug-likeness (QED) is 0.605. The topological polar surface area (TPSA) is 26.0 Å². The second-order valence-electron chi connectivity index (χ2n) is 2.99. The van der Waals surface area contributed by atoms with Crippen LogP contribution in [0.4, 0.5) is 5.69 Å². The van der Waals surface area contributed by atoms with Crippen LogP contribution < -0.4 is 5.73 Å². The van der Waals surface area contributed by atoms with Gasteiger partial charge in [0.15, 0.2) is 0 Å². The number of benzene rings is 2. The molecule has 14 heavy (non-hydrogen) atoms. The van der Waals surface area contributed by atoms with Crippen LogP contribution in [0.1, 0.15) is 0 Å². The minimum absolute atomic E-state index is 0. The molecule has 2 aromatic carbocycles. The van der Waals surface area contributed by atoms with Gasteiger partial charge in [-0.05, 0) is 23.3 Å². The van der Waals surface area contributed by atoms with Gasteiger partial charge in [0.05, 0.1) is 0 Å². The van der Waals surface area contributed by atoms with E-state index in [2.05, 4.69) is 12.1 Å². The third kappa shape index (κ3) is 2.40. The van der Waals surface area contributed by atoms with Crippen molar-refractivity contribution in [1.82, 2.24) is 0 Å². The smallest absolute Gasteiger partial charge is 0.0314 e. The van der Waals surface area contributed by atoms with Crippen LogP contribution in [0.3, 0.4) is 0 Å². The molecule has 0 saturated carbocycles. The first-order valence-corrected chi connectivity index (χ1v) is 4.27. The minimum Gasteiger partial charge on any atom is -0.399 e. The number of hydrogen-bond donors (Lipinski definition) is 1. The zero-order chi connectivity index (χ0) is 9.10. The van der Waals surface area contributed by atoms with E-state index in [0.717, 1.165) is 5.69 Å². The van der Waals surface area contributed by atoms with E-state index in [1.165, 1.54) is 11.1 Å². The average Bonchev–Trinajstić information content (AvgIpc) is 2.20. The van der Waals surface area contributed by atoms with Gasteiger partial charge >= 0.3 is 0 Å². The van der Waals surface area contributed by atoms with E-state index in [9.17, 15) is 0 Å². The molecule has 0 aromatic heterocycles. The summed E-state index contributed by atoms with van der Waals surface area (Å²) < 4.78 is 0. The van der Waals surface area contributed by atoms with E-state index >= 15 is 0 Å². The molecule has 0 fully saturated rings. The maximum Gasteiger partial charge on any atom is 0.0314 e. The van der Waals surface area contributed by atoms with Crippen molar-refractivity contribution in [2.45, 2.75) is 0 Å². The Morgan fingerprint density at radius 2 is 1.14 bits per heavy atom. The largest absolute Gasteiger partial charge is 0.399 e. The van der Waals surface area contributed by atoms with Gasteiger partial charge in [0.25, 0.3) is 0 Å². The summed E-state index contributed by atoms with van der Waals surface area (Å²) in [7, 11) is 0. The molecule has 0 atom stereocenters. The molecule has 2 rings (SSSR count). The van der Waals surface area contributed by atoms with Crippen molar-refractivity contribution in [3.05, 3.63) is 54.6 Å². The molecule has 0 saturated heterocycles. The van der Waals surface area contributed by atoms with Crippen LogP contribution in [-0.4, -0.2) is 18.0 Å². The Bertz CT molecular complexity index is 381. The molecule has 1 nitrogen and oxygen atoms in total. The molecular weight excluding hydrogens is 233 g/mol. The summed E-state index contributed by atoms with van der Waals surface area (Å²) in [5, 5.41) is 0. The summed E-state index contributed by atoms with van der Waals surface area (Å²) in [6, 6.07) is 18.2. The number of nitrogens with two attached hydrogens (primary N) is 1. The molecule has 0 bridgehead atoms. The molecule has 0 aliphatic rings. The van der Waals surface area contributed by atoms with Crippen molar-refractivity contribution in [3.8, 4) is 11.1 Å². The van der Waals surface area contributed by atoms with Crippen molar-refractivity contribution in [3.63, 3.8) is 0 Å². The molecule has 2 N–H and O–H groups in total. The van der Waals surface area contributed by atoms with Gasteiger partial charge < -0.3 is 5.73 Å². The molecule has 0 aliphatic heterocycles. The molecule has 0 unspecified atom stereocenters. The Hall–Kier alpha value is -1.20. The first-order valence-electron chi connectivity index (χ1n) is 4.27. The fourth-order valence-corrected chi connectivity index (χ4v) is 1.31. The van der Waals surface area contributed by atoms with Gasteiger partial charge in [0, 0.05) is 23.6 Å². The normalized spacial score (nSPS) is 9.14. The van der Waals surface area contributed by atoms with Crippen LogP contribution >= 0.6 is 0 Å². The standard InChI is InChI=1S/C12H11N.As/c13-12-8-6-11(7-9-12)10-4-2-1-3-5-10;/h1-9H,13H2;.